The minimum Gasteiger partial charge on any atom is -0.480 e. The van der Waals surface area contributed by atoms with Crippen molar-refractivity contribution in [2.75, 3.05) is 26.2 Å². The summed E-state index contributed by atoms with van der Waals surface area (Å²) >= 11 is 0. The lowest BCUT2D eigenvalue weighted by atomic mass is 10.1. The lowest BCUT2D eigenvalue weighted by molar-refractivity contribution is -0.143. The van der Waals surface area contributed by atoms with Gasteiger partial charge in [-0.3, -0.25) is 14.6 Å². The minimum absolute atomic E-state index is 0.338. The van der Waals surface area contributed by atoms with E-state index in [4.69, 9.17) is 5.11 Å². The average Bonchev–Trinajstić information content (AvgIpc) is 2.44. The summed E-state index contributed by atoms with van der Waals surface area (Å²) in [6.45, 7) is 4.53. The number of halogens is 2. The van der Waals surface area contributed by atoms with Gasteiger partial charge in [0.25, 0.3) is 0 Å². The third kappa shape index (κ3) is 3.32. The molecule has 0 aliphatic carbocycles. The van der Waals surface area contributed by atoms with Gasteiger partial charge in [-0.15, -0.1) is 0 Å². The Labute approximate surface area is 116 Å². The molecule has 1 aromatic rings. The van der Waals surface area contributed by atoms with E-state index in [0.29, 0.717) is 38.3 Å². The van der Waals surface area contributed by atoms with Crippen molar-refractivity contribution in [2.45, 2.75) is 19.5 Å². The molecule has 1 heterocycles. The van der Waals surface area contributed by atoms with Gasteiger partial charge in [-0.2, -0.15) is 0 Å². The number of rotatable bonds is 4. The van der Waals surface area contributed by atoms with Crippen LogP contribution in [0.4, 0.5) is 8.78 Å². The van der Waals surface area contributed by atoms with E-state index in [1.54, 1.807) is 13.0 Å². The Morgan fingerprint density at radius 3 is 2.55 bits per heavy atom. The molecule has 6 heteroatoms. The number of carbonyl (C=O) groups is 1. The van der Waals surface area contributed by atoms with Crippen LogP contribution < -0.4 is 0 Å². The van der Waals surface area contributed by atoms with Gasteiger partial charge < -0.3 is 5.11 Å². The van der Waals surface area contributed by atoms with E-state index in [9.17, 15) is 13.6 Å². The summed E-state index contributed by atoms with van der Waals surface area (Å²) in [6, 6.07) is 3.66. The predicted molar refractivity (Wildman–Crippen MR) is 70.3 cm³/mol. The number of hydrogen-bond donors (Lipinski definition) is 1. The first-order valence-corrected chi connectivity index (χ1v) is 6.61. The van der Waals surface area contributed by atoms with E-state index in [-0.39, 0.29) is 0 Å². The van der Waals surface area contributed by atoms with Crippen LogP contribution in [0.25, 0.3) is 0 Å². The summed E-state index contributed by atoms with van der Waals surface area (Å²) in [5.74, 6) is -2.47. The fraction of sp³-hybridized carbons (Fsp3) is 0.500. The fourth-order valence-electron chi connectivity index (χ4n) is 2.38. The monoisotopic (exact) mass is 284 g/mol. The number of hydrogen-bond acceptors (Lipinski definition) is 3. The van der Waals surface area contributed by atoms with Gasteiger partial charge in [0.2, 0.25) is 0 Å². The van der Waals surface area contributed by atoms with Gasteiger partial charge in [0, 0.05) is 38.3 Å². The van der Waals surface area contributed by atoms with Crippen LogP contribution in [0.3, 0.4) is 0 Å². The van der Waals surface area contributed by atoms with Crippen molar-refractivity contribution < 1.29 is 18.7 Å². The number of carboxylic acids is 1. The molecule has 20 heavy (non-hydrogen) atoms. The zero-order chi connectivity index (χ0) is 14.7. The van der Waals surface area contributed by atoms with Crippen LogP contribution in [0.2, 0.25) is 0 Å². The Balaban J connectivity index is 1.92. The summed E-state index contributed by atoms with van der Waals surface area (Å²) < 4.78 is 26.7. The normalized spacial score (nSPS) is 18.9. The topological polar surface area (TPSA) is 43.8 Å². The van der Waals surface area contributed by atoms with E-state index in [1.165, 1.54) is 6.07 Å². The summed E-state index contributed by atoms with van der Waals surface area (Å²) in [4.78, 5) is 14.8. The molecule has 110 valence electrons. The van der Waals surface area contributed by atoms with E-state index >= 15 is 0 Å². The molecule has 4 nitrogen and oxygen atoms in total. The van der Waals surface area contributed by atoms with E-state index in [1.807, 2.05) is 9.80 Å². The molecule has 1 aromatic carbocycles. The summed E-state index contributed by atoms with van der Waals surface area (Å²) in [5, 5.41) is 8.96. The molecule has 1 unspecified atom stereocenters. The molecule has 1 aliphatic rings. The molecule has 1 N–H and O–H groups in total. The average molecular weight is 284 g/mol. The summed E-state index contributed by atoms with van der Waals surface area (Å²) in [6.07, 6.45) is 0. The molecule has 1 saturated heterocycles. The molecule has 0 saturated carbocycles. The molecule has 0 spiro atoms. The molecule has 0 bridgehead atoms. The number of aliphatic carboxylic acids is 1. The lowest BCUT2D eigenvalue weighted by Crippen LogP contribution is -2.51. The first kappa shape index (κ1) is 14.9. The highest BCUT2D eigenvalue weighted by molar-refractivity contribution is 5.72. The second-order valence-electron chi connectivity index (χ2n) is 5.04. The fourth-order valence-corrected chi connectivity index (χ4v) is 2.38. The zero-order valence-electron chi connectivity index (χ0n) is 11.4. The molecular weight excluding hydrogens is 266 g/mol. The van der Waals surface area contributed by atoms with Crippen molar-refractivity contribution in [3.8, 4) is 0 Å². The van der Waals surface area contributed by atoms with Crippen molar-refractivity contribution in [1.29, 1.82) is 0 Å². The second-order valence-corrected chi connectivity index (χ2v) is 5.04. The molecular formula is C14H18F2N2O2. The van der Waals surface area contributed by atoms with Crippen LogP contribution in [-0.2, 0) is 11.3 Å². The number of carboxylic acid groups (broad SMARTS) is 1. The van der Waals surface area contributed by atoms with Gasteiger partial charge in [-0.1, -0.05) is 12.1 Å². The van der Waals surface area contributed by atoms with Crippen LogP contribution >= 0.6 is 0 Å². The van der Waals surface area contributed by atoms with Gasteiger partial charge >= 0.3 is 5.97 Å². The van der Waals surface area contributed by atoms with Crippen LogP contribution in [0.1, 0.15) is 12.5 Å². The smallest absolute Gasteiger partial charge is 0.320 e. The first-order chi connectivity index (χ1) is 9.49. The van der Waals surface area contributed by atoms with Crippen molar-refractivity contribution in [3.63, 3.8) is 0 Å². The van der Waals surface area contributed by atoms with Gasteiger partial charge in [-0.05, 0) is 13.0 Å². The quantitative estimate of drug-likeness (QED) is 0.911. The first-order valence-electron chi connectivity index (χ1n) is 6.61. The molecule has 0 amide bonds. The van der Waals surface area contributed by atoms with Crippen molar-refractivity contribution in [2.24, 2.45) is 0 Å². The molecule has 0 aromatic heterocycles. The van der Waals surface area contributed by atoms with Crippen LogP contribution in [-0.4, -0.2) is 53.1 Å². The third-order valence-corrected chi connectivity index (χ3v) is 3.74. The van der Waals surface area contributed by atoms with Crippen LogP contribution in [0.15, 0.2) is 18.2 Å². The second kappa shape index (κ2) is 6.28. The van der Waals surface area contributed by atoms with Gasteiger partial charge in [0.15, 0.2) is 11.6 Å². The van der Waals surface area contributed by atoms with Crippen molar-refractivity contribution in [3.05, 3.63) is 35.4 Å². The van der Waals surface area contributed by atoms with Crippen molar-refractivity contribution >= 4 is 5.97 Å². The largest absolute Gasteiger partial charge is 0.480 e. The minimum atomic E-state index is -0.838. The van der Waals surface area contributed by atoms with Gasteiger partial charge in [-0.25, -0.2) is 8.78 Å². The predicted octanol–water partition coefficient (Wildman–Crippen LogP) is 1.56. The maximum absolute atomic E-state index is 13.6. The van der Waals surface area contributed by atoms with E-state index < -0.39 is 23.6 Å². The Bertz CT molecular complexity index is 488. The number of benzene rings is 1. The summed E-state index contributed by atoms with van der Waals surface area (Å²) in [7, 11) is 0. The highest BCUT2D eigenvalue weighted by Crippen LogP contribution is 2.15. The van der Waals surface area contributed by atoms with E-state index in [2.05, 4.69) is 0 Å². The molecule has 1 atom stereocenters. The molecule has 2 rings (SSSR count). The van der Waals surface area contributed by atoms with Crippen LogP contribution in [0.5, 0.6) is 0 Å². The molecule has 1 aliphatic heterocycles. The lowest BCUT2D eigenvalue weighted by Gasteiger charge is -2.36. The Kier molecular flexibility index (Phi) is 4.67. The van der Waals surface area contributed by atoms with Gasteiger partial charge in [0.05, 0.1) is 0 Å². The molecule has 0 radical (unpaired) electrons. The highest BCUT2D eigenvalue weighted by atomic mass is 19.2. The Morgan fingerprint density at radius 2 is 1.95 bits per heavy atom. The third-order valence-electron chi connectivity index (χ3n) is 3.74. The maximum atomic E-state index is 13.6. The van der Waals surface area contributed by atoms with E-state index in [0.717, 1.165) is 6.07 Å². The standard InChI is InChI=1S/C14H18F2N2O2/c1-10(14(19)20)18-7-5-17(6-8-18)9-11-3-2-4-12(15)13(11)16/h2-4,10H,5-9H2,1H3,(H,19,20). The van der Waals surface area contributed by atoms with Crippen molar-refractivity contribution in [1.82, 2.24) is 9.80 Å². The number of nitrogens with zero attached hydrogens (tertiary/aromatic N) is 2. The molecule has 1 fully saturated rings. The highest BCUT2D eigenvalue weighted by Gasteiger charge is 2.25. The Hall–Kier alpha value is -1.53. The van der Waals surface area contributed by atoms with Crippen LogP contribution in [0, 0.1) is 11.6 Å². The summed E-state index contributed by atoms with van der Waals surface area (Å²) in [5.41, 5.74) is 0.338. The Morgan fingerprint density at radius 1 is 1.30 bits per heavy atom. The SMILES string of the molecule is CC(C(=O)O)N1CCN(Cc2cccc(F)c2F)CC1. The number of piperazine rings is 1. The zero-order valence-corrected chi connectivity index (χ0v) is 11.4. The van der Waals surface area contributed by atoms with Gasteiger partial charge in [0.1, 0.15) is 6.04 Å². The maximum Gasteiger partial charge on any atom is 0.320 e.